The fraction of sp³-hybridized carbons (Fsp3) is 0.0526. The number of phenols is 1. The van der Waals surface area contributed by atoms with Crippen molar-refractivity contribution in [3.63, 3.8) is 0 Å². The summed E-state index contributed by atoms with van der Waals surface area (Å²) in [4.78, 5) is 17.4. The summed E-state index contributed by atoms with van der Waals surface area (Å²) in [7, 11) is 7.26. The molecule has 0 atom stereocenters. The molecule has 0 aliphatic carbocycles. The van der Waals surface area contributed by atoms with Crippen molar-refractivity contribution in [1.29, 1.82) is 0 Å². The van der Waals surface area contributed by atoms with Crippen molar-refractivity contribution < 1.29 is 12.7 Å². The van der Waals surface area contributed by atoms with Gasteiger partial charge in [-0.05, 0) is 36.4 Å². The summed E-state index contributed by atoms with van der Waals surface area (Å²) in [5.41, 5.74) is 2.67. The summed E-state index contributed by atoms with van der Waals surface area (Å²) in [6, 6.07) is 12.0. The third kappa shape index (κ3) is 3.78. The van der Waals surface area contributed by atoms with Crippen molar-refractivity contribution >= 4 is 47.6 Å². The molecule has 28 heavy (non-hydrogen) atoms. The molecule has 4 rings (SSSR count). The third-order valence-corrected chi connectivity index (χ3v) is 3.91. The van der Waals surface area contributed by atoms with Crippen molar-refractivity contribution in [2.45, 2.75) is 0 Å². The number of benzene rings is 1. The van der Waals surface area contributed by atoms with Crippen LogP contribution >= 0.6 is 0 Å². The maximum Gasteiger partial charge on any atom is 0.229 e. The summed E-state index contributed by atoms with van der Waals surface area (Å²) in [5, 5.41) is 15.9. The highest BCUT2D eigenvalue weighted by atomic mass is 16.5. The molecule has 140 valence electrons. The highest BCUT2D eigenvalue weighted by molar-refractivity contribution is 6.32. The fourth-order valence-electron chi connectivity index (χ4n) is 2.60. The van der Waals surface area contributed by atoms with E-state index in [0.29, 0.717) is 40.0 Å². The van der Waals surface area contributed by atoms with E-state index in [9.17, 15) is 5.11 Å². The minimum Gasteiger partial charge on any atom is -0.504 e. The third-order valence-electron chi connectivity index (χ3n) is 3.91. The second kappa shape index (κ2) is 7.39. The SMILES string of the molecule is [B]c1cnc2ccc(Nc3ccnc(Nc4ccc(O)c(OC)c4)n3)nc2c1.[HH].[HH]. The van der Waals surface area contributed by atoms with Crippen LogP contribution in [0.25, 0.3) is 11.0 Å². The number of aromatic nitrogens is 4. The average Bonchev–Trinajstić information content (AvgIpc) is 2.69. The summed E-state index contributed by atoms with van der Waals surface area (Å²) >= 11 is 0. The Labute approximate surface area is 165 Å². The van der Waals surface area contributed by atoms with Crippen LogP contribution in [0.5, 0.6) is 11.5 Å². The van der Waals surface area contributed by atoms with Gasteiger partial charge in [0, 0.05) is 27.0 Å². The number of ether oxygens (including phenoxy) is 1. The second-order valence-corrected chi connectivity index (χ2v) is 5.91. The number of methoxy groups -OCH3 is 1. The predicted molar refractivity (Wildman–Crippen MR) is 112 cm³/mol. The molecule has 2 radical (unpaired) electrons. The lowest BCUT2D eigenvalue weighted by Gasteiger charge is -2.10. The van der Waals surface area contributed by atoms with Gasteiger partial charge in [0.15, 0.2) is 11.5 Å². The topological polar surface area (TPSA) is 105 Å². The van der Waals surface area contributed by atoms with Crippen LogP contribution in [-0.2, 0) is 0 Å². The maximum absolute atomic E-state index is 9.69. The Morgan fingerprint density at radius 1 is 0.964 bits per heavy atom. The van der Waals surface area contributed by atoms with E-state index >= 15 is 0 Å². The Balaban J connectivity index is 0.00000160. The van der Waals surface area contributed by atoms with E-state index in [2.05, 4.69) is 30.6 Å². The highest BCUT2D eigenvalue weighted by Crippen LogP contribution is 2.29. The van der Waals surface area contributed by atoms with Gasteiger partial charge in [0.25, 0.3) is 0 Å². The van der Waals surface area contributed by atoms with Crippen molar-refractivity contribution in [3.8, 4) is 11.5 Å². The monoisotopic (exact) mass is 374 g/mol. The van der Waals surface area contributed by atoms with E-state index < -0.39 is 0 Å². The van der Waals surface area contributed by atoms with E-state index in [1.807, 2.05) is 12.1 Å². The van der Waals surface area contributed by atoms with Crippen molar-refractivity contribution in [3.05, 3.63) is 54.9 Å². The van der Waals surface area contributed by atoms with E-state index in [-0.39, 0.29) is 8.60 Å². The molecule has 0 aliphatic heterocycles. The van der Waals surface area contributed by atoms with Gasteiger partial charge in [-0.3, -0.25) is 4.98 Å². The zero-order valence-corrected chi connectivity index (χ0v) is 14.9. The van der Waals surface area contributed by atoms with Crippen LogP contribution in [0, 0.1) is 0 Å². The molecule has 0 amide bonds. The lowest BCUT2D eigenvalue weighted by atomic mass is 9.98. The molecule has 1 aromatic carbocycles. The molecule has 0 aliphatic rings. The molecule has 0 unspecified atom stereocenters. The minimum absolute atomic E-state index is 0. The van der Waals surface area contributed by atoms with Crippen molar-refractivity contribution in [2.75, 3.05) is 17.7 Å². The number of phenolic OH excluding ortho intramolecular Hbond substituents is 1. The molecule has 3 aromatic heterocycles. The molecular formula is C19H19BN6O2. The van der Waals surface area contributed by atoms with Crippen LogP contribution in [0.4, 0.5) is 23.3 Å². The molecule has 3 heterocycles. The molecule has 4 aromatic rings. The standard InChI is InChI=1S/C19H15BN6O2.2H2/c1-28-16-9-12(2-4-15(16)27)23-19-21-7-6-18(26-19)25-17-5-3-13-14(24-17)8-11(20)10-22-13;;/h2-10,27H,1H3,(H2,21,23,24,25,26);2*1H. The second-order valence-electron chi connectivity index (χ2n) is 5.91. The Morgan fingerprint density at radius 3 is 2.68 bits per heavy atom. The molecule has 0 fully saturated rings. The maximum atomic E-state index is 9.69. The van der Waals surface area contributed by atoms with Crippen LogP contribution in [0.2, 0.25) is 0 Å². The molecule has 9 heteroatoms. The van der Waals surface area contributed by atoms with Gasteiger partial charge in [0.2, 0.25) is 5.95 Å². The van der Waals surface area contributed by atoms with Crippen LogP contribution in [0.15, 0.2) is 54.9 Å². The number of hydrogen-bond donors (Lipinski definition) is 3. The van der Waals surface area contributed by atoms with Gasteiger partial charge in [-0.15, -0.1) is 0 Å². The molecule has 0 spiro atoms. The van der Waals surface area contributed by atoms with E-state index in [1.54, 1.807) is 36.7 Å². The van der Waals surface area contributed by atoms with Gasteiger partial charge in [-0.1, -0.05) is 5.46 Å². The Bertz CT molecular complexity index is 1160. The lowest BCUT2D eigenvalue weighted by molar-refractivity contribution is 0.374. The summed E-state index contributed by atoms with van der Waals surface area (Å²) in [6.07, 6.45) is 3.22. The zero-order chi connectivity index (χ0) is 19.5. The van der Waals surface area contributed by atoms with Gasteiger partial charge in [0.05, 0.1) is 18.1 Å². The molecule has 0 saturated heterocycles. The molecule has 0 saturated carbocycles. The first-order chi connectivity index (χ1) is 13.6. The summed E-state index contributed by atoms with van der Waals surface area (Å²) in [6.45, 7) is 0. The first-order valence-electron chi connectivity index (χ1n) is 8.37. The molecule has 3 N–H and O–H groups in total. The summed E-state index contributed by atoms with van der Waals surface area (Å²) < 4.78 is 5.10. The lowest BCUT2D eigenvalue weighted by Crippen LogP contribution is -2.04. The summed E-state index contributed by atoms with van der Waals surface area (Å²) in [5.74, 6) is 1.96. The van der Waals surface area contributed by atoms with E-state index in [1.165, 1.54) is 13.2 Å². The Hall–Kier alpha value is -3.88. The van der Waals surface area contributed by atoms with Gasteiger partial charge in [-0.25, -0.2) is 9.97 Å². The first-order valence-corrected chi connectivity index (χ1v) is 8.37. The first kappa shape index (κ1) is 17.5. The number of nitrogens with one attached hydrogen (secondary N) is 2. The number of rotatable bonds is 5. The molecule has 8 nitrogen and oxygen atoms in total. The Kier molecular flexibility index (Phi) is 4.63. The highest BCUT2D eigenvalue weighted by Gasteiger charge is 2.06. The van der Waals surface area contributed by atoms with Crippen molar-refractivity contribution in [1.82, 2.24) is 19.9 Å². The predicted octanol–water partition coefficient (Wildman–Crippen LogP) is 2.91. The van der Waals surface area contributed by atoms with E-state index in [4.69, 9.17) is 12.6 Å². The van der Waals surface area contributed by atoms with E-state index in [0.717, 1.165) is 5.52 Å². The quantitative estimate of drug-likeness (QED) is 0.362. The van der Waals surface area contributed by atoms with Crippen LogP contribution < -0.4 is 20.8 Å². The van der Waals surface area contributed by atoms with Gasteiger partial charge in [0.1, 0.15) is 19.5 Å². The van der Waals surface area contributed by atoms with Crippen LogP contribution in [-0.4, -0.2) is 40.0 Å². The number of aromatic hydroxyl groups is 1. The smallest absolute Gasteiger partial charge is 0.229 e. The Morgan fingerprint density at radius 2 is 1.82 bits per heavy atom. The fourth-order valence-corrected chi connectivity index (χ4v) is 2.60. The van der Waals surface area contributed by atoms with Crippen LogP contribution in [0.3, 0.4) is 0 Å². The number of anilines is 4. The van der Waals surface area contributed by atoms with Gasteiger partial charge in [-0.2, -0.15) is 4.98 Å². The van der Waals surface area contributed by atoms with Gasteiger partial charge < -0.3 is 20.5 Å². The number of hydrogen-bond acceptors (Lipinski definition) is 8. The molecular weight excluding hydrogens is 355 g/mol. The minimum atomic E-state index is 0. The molecule has 0 bridgehead atoms. The van der Waals surface area contributed by atoms with Gasteiger partial charge >= 0.3 is 0 Å². The van der Waals surface area contributed by atoms with Crippen molar-refractivity contribution in [2.24, 2.45) is 0 Å². The number of nitrogens with zero attached hydrogens (tertiary/aromatic N) is 4. The average molecular weight is 374 g/mol. The normalized spacial score (nSPS) is 10.6. The largest absolute Gasteiger partial charge is 0.504 e. The number of pyridine rings is 2. The zero-order valence-electron chi connectivity index (χ0n) is 14.9. The van der Waals surface area contributed by atoms with Crippen LogP contribution in [0.1, 0.15) is 2.85 Å². The number of fused-ring (bicyclic) bond motifs is 1.